The minimum atomic E-state index is -0.283. The standard InChI is InChI=1S/C10H18O2S/c1-9(2)10(11)12-7-5-3-4-6-8-13/h13H,1,3-8H2,2H3. The van der Waals surface area contributed by atoms with Gasteiger partial charge in [-0.25, -0.2) is 4.79 Å². The number of esters is 1. The van der Waals surface area contributed by atoms with Crippen molar-refractivity contribution in [3.05, 3.63) is 12.2 Å². The fraction of sp³-hybridized carbons (Fsp3) is 0.700. The molecule has 0 saturated carbocycles. The van der Waals surface area contributed by atoms with E-state index in [1.807, 2.05) is 0 Å². The van der Waals surface area contributed by atoms with Crippen molar-refractivity contribution in [3.8, 4) is 0 Å². The Morgan fingerprint density at radius 2 is 1.92 bits per heavy atom. The first-order valence-corrected chi connectivity index (χ1v) is 5.25. The van der Waals surface area contributed by atoms with Gasteiger partial charge < -0.3 is 4.74 Å². The van der Waals surface area contributed by atoms with Gasteiger partial charge in [0, 0.05) is 5.57 Å². The molecule has 0 heterocycles. The molecule has 0 saturated heterocycles. The molecule has 0 spiro atoms. The molecule has 13 heavy (non-hydrogen) atoms. The first-order chi connectivity index (χ1) is 6.18. The van der Waals surface area contributed by atoms with Crippen molar-refractivity contribution in [1.82, 2.24) is 0 Å². The van der Waals surface area contributed by atoms with Gasteiger partial charge in [-0.2, -0.15) is 12.6 Å². The molecule has 0 N–H and O–H groups in total. The predicted octanol–water partition coefficient (Wildman–Crippen LogP) is 2.60. The zero-order valence-corrected chi connectivity index (χ0v) is 9.11. The van der Waals surface area contributed by atoms with Crippen LogP contribution in [0.1, 0.15) is 32.6 Å². The van der Waals surface area contributed by atoms with Gasteiger partial charge in [-0.3, -0.25) is 0 Å². The number of carbonyl (C=O) groups is 1. The van der Waals surface area contributed by atoms with Crippen molar-refractivity contribution in [2.45, 2.75) is 32.6 Å². The van der Waals surface area contributed by atoms with E-state index in [9.17, 15) is 4.79 Å². The molecule has 0 aliphatic rings. The third kappa shape index (κ3) is 7.91. The lowest BCUT2D eigenvalue weighted by atomic mass is 10.2. The van der Waals surface area contributed by atoms with Crippen LogP contribution in [0.25, 0.3) is 0 Å². The Labute approximate surface area is 85.8 Å². The molecular weight excluding hydrogens is 184 g/mol. The Bertz CT molecular complexity index is 166. The summed E-state index contributed by atoms with van der Waals surface area (Å²) in [4.78, 5) is 10.9. The summed E-state index contributed by atoms with van der Waals surface area (Å²) in [6.45, 7) is 5.67. The van der Waals surface area contributed by atoms with Crippen molar-refractivity contribution >= 4 is 18.6 Å². The number of carbonyl (C=O) groups excluding carboxylic acids is 1. The van der Waals surface area contributed by atoms with Crippen LogP contribution in [0.4, 0.5) is 0 Å². The van der Waals surface area contributed by atoms with E-state index >= 15 is 0 Å². The highest BCUT2D eigenvalue weighted by Gasteiger charge is 2.01. The van der Waals surface area contributed by atoms with E-state index in [2.05, 4.69) is 19.2 Å². The highest BCUT2D eigenvalue weighted by molar-refractivity contribution is 7.80. The largest absolute Gasteiger partial charge is 0.462 e. The number of rotatable bonds is 7. The lowest BCUT2D eigenvalue weighted by molar-refractivity contribution is -0.139. The molecule has 0 aromatic carbocycles. The molecule has 0 atom stereocenters. The average Bonchev–Trinajstić information content (AvgIpc) is 2.10. The monoisotopic (exact) mass is 202 g/mol. The van der Waals surface area contributed by atoms with Gasteiger partial charge >= 0.3 is 5.97 Å². The van der Waals surface area contributed by atoms with E-state index in [-0.39, 0.29) is 5.97 Å². The van der Waals surface area contributed by atoms with Gasteiger partial charge in [0.1, 0.15) is 0 Å². The highest BCUT2D eigenvalue weighted by atomic mass is 32.1. The van der Waals surface area contributed by atoms with Crippen molar-refractivity contribution in [3.63, 3.8) is 0 Å². The van der Waals surface area contributed by atoms with Crippen LogP contribution in [-0.4, -0.2) is 18.3 Å². The van der Waals surface area contributed by atoms with Gasteiger partial charge in [0.05, 0.1) is 6.61 Å². The third-order valence-electron chi connectivity index (χ3n) is 1.63. The molecule has 0 unspecified atom stereocenters. The minimum absolute atomic E-state index is 0.283. The quantitative estimate of drug-likeness (QED) is 0.297. The molecule has 76 valence electrons. The molecule has 0 aromatic heterocycles. The fourth-order valence-electron chi connectivity index (χ4n) is 0.855. The van der Waals surface area contributed by atoms with Crippen LogP contribution in [0.5, 0.6) is 0 Å². The Morgan fingerprint density at radius 1 is 1.31 bits per heavy atom. The molecule has 2 nitrogen and oxygen atoms in total. The summed E-state index contributed by atoms with van der Waals surface area (Å²) >= 11 is 4.11. The number of thiol groups is 1. The average molecular weight is 202 g/mol. The van der Waals surface area contributed by atoms with E-state index < -0.39 is 0 Å². The van der Waals surface area contributed by atoms with Crippen LogP contribution in [0.15, 0.2) is 12.2 Å². The van der Waals surface area contributed by atoms with E-state index in [0.29, 0.717) is 12.2 Å². The molecule has 0 aromatic rings. The number of unbranched alkanes of at least 4 members (excludes halogenated alkanes) is 3. The summed E-state index contributed by atoms with van der Waals surface area (Å²) in [5, 5.41) is 0. The number of hydrogen-bond donors (Lipinski definition) is 1. The molecule has 0 aliphatic heterocycles. The first kappa shape index (κ1) is 12.6. The van der Waals surface area contributed by atoms with Crippen LogP contribution in [0, 0.1) is 0 Å². The van der Waals surface area contributed by atoms with Gasteiger partial charge in [0.15, 0.2) is 0 Å². The van der Waals surface area contributed by atoms with Crippen LogP contribution in [0.3, 0.4) is 0 Å². The number of ether oxygens (including phenoxy) is 1. The lowest BCUT2D eigenvalue weighted by Crippen LogP contribution is -2.05. The van der Waals surface area contributed by atoms with Crippen molar-refractivity contribution in [2.75, 3.05) is 12.4 Å². The maximum atomic E-state index is 10.9. The maximum Gasteiger partial charge on any atom is 0.333 e. The fourth-order valence-corrected chi connectivity index (χ4v) is 1.08. The summed E-state index contributed by atoms with van der Waals surface area (Å²) in [5.41, 5.74) is 0.468. The van der Waals surface area contributed by atoms with Crippen LogP contribution < -0.4 is 0 Å². The maximum absolute atomic E-state index is 10.9. The summed E-state index contributed by atoms with van der Waals surface area (Å²) < 4.78 is 4.93. The van der Waals surface area contributed by atoms with Gasteiger partial charge in [-0.15, -0.1) is 0 Å². The second kappa shape index (κ2) is 8.17. The molecular formula is C10H18O2S. The van der Waals surface area contributed by atoms with Crippen LogP contribution in [-0.2, 0) is 9.53 Å². The summed E-state index contributed by atoms with van der Waals surface area (Å²) in [6, 6.07) is 0. The molecule has 0 amide bonds. The molecule has 3 heteroatoms. The molecule has 0 aliphatic carbocycles. The Hall–Kier alpha value is -0.440. The summed E-state index contributed by atoms with van der Waals surface area (Å²) in [6.07, 6.45) is 4.34. The first-order valence-electron chi connectivity index (χ1n) is 4.62. The minimum Gasteiger partial charge on any atom is -0.462 e. The smallest absolute Gasteiger partial charge is 0.333 e. The second-order valence-corrected chi connectivity index (χ2v) is 3.50. The molecule has 0 fully saturated rings. The normalized spacial score (nSPS) is 9.69. The summed E-state index contributed by atoms with van der Waals surface area (Å²) in [7, 11) is 0. The Balaban J connectivity index is 3.16. The van der Waals surface area contributed by atoms with E-state index in [1.54, 1.807) is 6.92 Å². The highest BCUT2D eigenvalue weighted by Crippen LogP contribution is 2.02. The van der Waals surface area contributed by atoms with Gasteiger partial charge in [0.2, 0.25) is 0 Å². The lowest BCUT2D eigenvalue weighted by Gasteiger charge is -2.03. The van der Waals surface area contributed by atoms with E-state index in [0.717, 1.165) is 31.4 Å². The Morgan fingerprint density at radius 3 is 2.46 bits per heavy atom. The van der Waals surface area contributed by atoms with Gasteiger partial charge in [0.25, 0.3) is 0 Å². The van der Waals surface area contributed by atoms with Crippen molar-refractivity contribution < 1.29 is 9.53 Å². The van der Waals surface area contributed by atoms with Gasteiger partial charge in [-0.1, -0.05) is 19.4 Å². The van der Waals surface area contributed by atoms with Crippen LogP contribution in [0.2, 0.25) is 0 Å². The second-order valence-electron chi connectivity index (χ2n) is 3.05. The SMILES string of the molecule is C=C(C)C(=O)OCCCCCCS. The van der Waals surface area contributed by atoms with Crippen LogP contribution >= 0.6 is 12.6 Å². The molecule has 0 bridgehead atoms. The topological polar surface area (TPSA) is 26.3 Å². The van der Waals surface area contributed by atoms with Gasteiger partial charge in [-0.05, 0) is 25.5 Å². The molecule has 0 radical (unpaired) electrons. The van der Waals surface area contributed by atoms with Crippen molar-refractivity contribution in [2.24, 2.45) is 0 Å². The van der Waals surface area contributed by atoms with E-state index in [1.165, 1.54) is 0 Å². The summed E-state index contributed by atoms with van der Waals surface area (Å²) in [5.74, 6) is 0.653. The zero-order chi connectivity index (χ0) is 10.1. The number of hydrogen-bond acceptors (Lipinski definition) is 3. The van der Waals surface area contributed by atoms with E-state index in [4.69, 9.17) is 4.74 Å². The predicted molar refractivity (Wildman–Crippen MR) is 58.1 cm³/mol. The molecule has 0 rings (SSSR count). The third-order valence-corrected chi connectivity index (χ3v) is 1.95. The Kier molecular flexibility index (Phi) is 7.90. The zero-order valence-electron chi connectivity index (χ0n) is 8.21. The van der Waals surface area contributed by atoms with Crippen molar-refractivity contribution in [1.29, 1.82) is 0 Å².